The van der Waals surface area contributed by atoms with Gasteiger partial charge in [0.15, 0.2) is 0 Å². The minimum Gasteiger partial charge on any atom is -0.492 e. The highest BCUT2D eigenvalue weighted by molar-refractivity contribution is 5.97. The first-order valence-electron chi connectivity index (χ1n) is 10.8. The first-order chi connectivity index (χ1) is 13.4. The summed E-state index contributed by atoms with van der Waals surface area (Å²) in [5, 5.41) is 3.01. The predicted octanol–water partition coefficient (Wildman–Crippen LogP) is 4.19. The number of likely N-dealkylation sites (tertiary alicyclic amines) is 1. The van der Waals surface area contributed by atoms with E-state index < -0.39 is 5.60 Å². The van der Waals surface area contributed by atoms with E-state index in [0.717, 1.165) is 55.7 Å². The molecule has 156 valence electrons. The summed E-state index contributed by atoms with van der Waals surface area (Å²) in [5.74, 6) is 2.65. The average Bonchev–Trinajstić information content (AvgIpc) is 3.48. The van der Waals surface area contributed by atoms with Crippen LogP contribution in [0.1, 0.15) is 47.0 Å². The Morgan fingerprint density at radius 1 is 1.18 bits per heavy atom. The zero-order valence-electron chi connectivity index (χ0n) is 17.9. The van der Waals surface area contributed by atoms with Crippen molar-refractivity contribution in [1.82, 2.24) is 4.90 Å². The Morgan fingerprint density at radius 2 is 1.82 bits per heavy atom. The molecule has 0 unspecified atom stereocenters. The number of carbonyl (C=O) groups excluding carboxylic acids is 1. The average molecular weight is 389 g/mol. The minimum atomic E-state index is -0.730. The molecule has 1 saturated carbocycles. The fraction of sp³-hybridized carbons (Fsp3) is 0.696. The van der Waals surface area contributed by atoms with Gasteiger partial charge in [-0.3, -0.25) is 9.69 Å². The van der Waals surface area contributed by atoms with Crippen molar-refractivity contribution in [2.45, 2.75) is 52.6 Å². The third-order valence-corrected chi connectivity index (χ3v) is 5.98. The second kappa shape index (κ2) is 9.27. The van der Waals surface area contributed by atoms with Gasteiger partial charge in [0.05, 0.1) is 0 Å². The molecule has 1 heterocycles. The summed E-state index contributed by atoms with van der Waals surface area (Å²) in [6.45, 7) is 13.0. The van der Waals surface area contributed by atoms with Crippen molar-refractivity contribution < 1.29 is 14.3 Å². The summed E-state index contributed by atoms with van der Waals surface area (Å²) in [6.07, 6.45) is 3.45. The quantitative estimate of drug-likeness (QED) is 0.689. The molecule has 0 aromatic heterocycles. The number of anilines is 1. The molecule has 1 aliphatic heterocycles. The number of benzene rings is 1. The maximum atomic E-state index is 12.7. The summed E-state index contributed by atoms with van der Waals surface area (Å²) >= 11 is 0. The van der Waals surface area contributed by atoms with Crippen molar-refractivity contribution in [3.8, 4) is 5.75 Å². The number of piperidine rings is 1. The second-order valence-electron chi connectivity index (χ2n) is 8.85. The van der Waals surface area contributed by atoms with Crippen LogP contribution in [0.5, 0.6) is 5.75 Å². The highest BCUT2D eigenvalue weighted by Gasteiger charge is 2.48. The smallest absolute Gasteiger partial charge is 0.256 e. The normalized spacial score (nSPS) is 25.1. The molecule has 1 aromatic carbocycles. The van der Waals surface area contributed by atoms with Crippen LogP contribution in [0.25, 0.3) is 0 Å². The third kappa shape index (κ3) is 5.48. The van der Waals surface area contributed by atoms with Gasteiger partial charge in [-0.25, -0.2) is 0 Å². The number of rotatable bonds is 9. The second-order valence-corrected chi connectivity index (χ2v) is 8.85. The predicted molar refractivity (Wildman–Crippen MR) is 113 cm³/mol. The molecule has 0 spiro atoms. The van der Waals surface area contributed by atoms with Crippen molar-refractivity contribution in [1.29, 1.82) is 0 Å². The van der Waals surface area contributed by atoms with Crippen molar-refractivity contribution in [2.24, 2.45) is 17.8 Å². The molecule has 2 aliphatic rings. The van der Waals surface area contributed by atoms with E-state index in [0.29, 0.717) is 19.1 Å². The van der Waals surface area contributed by atoms with Gasteiger partial charge in [-0.05, 0) is 75.1 Å². The van der Waals surface area contributed by atoms with Crippen molar-refractivity contribution >= 4 is 11.6 Å². The fourth-order valence-corrected chi connectivity index (χ4v) is 4.46. The Hall–Kier alpha value is -1.59. The maximum Gasteiger partial charge on any atom is 0.256 e. The SMILES string of the molecule is CCO[C@@](C)(C(=O)Nc1ccc(OCCN2C[C@H](C)C[C@H](C)C2)cc1)C1CC1. The van der Waals surface area contributed by atoms with Crippen LogP contribution in [0.2, 0.25) is 0 Å². The van der Waals surface area contributed by atoms with E-state index in [4.69, 9.17) is 9.47 Å². The molecule has 3 atom stereocenters. The van der Waals surface area contributed by atoms with Gasteiger partial charge >= 0.3 is 0 Å². The molecule has 5 heteroatoms. The number of carbonyl (C=O) groups is 1. The highest BCUT2D eigenvalue weighted by Crippen LogP contribution is 2.42. The van der Waals surface area contributed by atoms with E-state index in [1.165, 1.54) is 6.42 Å². The molecule has 0 bridgehead atoms. The number of ether oxygens (including phenoxy) is 2. The molecule has 1 amide bonds. The third-order valence-electron chi connectivity index (χ3n) is 5.98. The van der Waals surface area contributed by atoms with Crippen LogP contribution >= 0.6 is 0 Å². The van der Waals surface area contributed by atoms with Gasteiger partial charge in [-0.2, -0.15) is 0 Å². The Kier molecular flexibility index (Phi) is 7.00. The van der Waals surface area contributed by atoms with Crippen LogP contribution in [0.15, 0.2) is 24.3 Å². The van der Waals surface area contributed by atoms with Crippen LogP contribution in [-0.4, -0.2) is 49.3 Å². The monoisotopic (exact) mass is 388 g/mol. The molecule has 28 heavy (non-hydrogen) atoms. The van der Waals surface area contributed by atoms with Gasteiger partial charge in [-0.15, -0.1) is 0 Å². The molecular formula is C23H36N2O3. The van der Waals surface area contributed by atoms with Crippen LogP contribution in [0.4, 0.5) is 5.69 Å². The van der Waals surface area contributed by atoms with E-state index in [1.54, 1.807) is 0 Å². The van der Waals surface area contributed by atoms with Crippen molar-refractivity contribution in [3.63, 3.8) is 0 Å². The lowest BCUT2D eigenvalue weighted by Gasteiger charge is -2.34. The first-order valence-corrected chi connectivity index (χ1v) is 10.8. The Balaban J connectivity index is 1.46. The Bertz CT molecular complexity index is 634. The van der Waals surface area contributed by atoms with E-state index >= 15 is 0 Å². The molecule has 1 aliphatic carbocycles. The standard InChI is InChI=1S/C23H36N2O3/c1-5-28-23(4,19-6-7-19)22(26)24-20-8-10-21(11-9-20)27-13-12-25-15-17(2)14-18(3)16-25/h8-11,17-19H,5-7,12-16H2,1-4H3,(H,24,26)/t17-,18+,23-/m1/s1. The van der Waals surface area contributed by atoms with Crippen LogP contribution in [0.3, 0.4) is 0 Å². The van der Waals surface area contributed by atoms with E-state index in [1.807, 2.05) is 38.1 Å². The van der Waals surface area contributed by atoms with Gasteiger partial charge in [0.25, 0.3) is 5.91 Å². The Morgan fingerprint density at radius 3 is 2.39 bits per heavy atom. The molecule has 1 aromatic rings. The molecule has 1 saturated heterocycles. The summed E-state index contributed by atoms with van der Waals surface area (Å²) in [4.78, 5) is 15.2. The van der Waals surface area contributed by atoms with E-state index in [-0.39, 0.29) is 5.91 Å². The van der Waals surface area contributed by atoms with Crippen LogP contribution in [-0.2, 0) is 9.53 Å². The lowest BCUT2D eigenvalue weighted by atomic mass is 9.92. The fourth-order valence-electron chi connectivity index (χ4n) is 4.46. The Labute approximate surface area is 169 Å². The molecule has 1 N–H and O–H groups in total. The summed E-state index contributed by atoms with van der Waals surface area (Å²) in [7, 11) is 0. The van der Waals surface area contributed by atoms with E-state index in [9.17, 15) is 4.79 Å². The van der Waals surface area contributed by atoms with Gasteiger partial charge in [0, 0.05) is 31.9 Å². The van der Waals surface area contributed by atoms with Gasteiger partial charge in [0.1, 0.15) is 18.0 Å². The number of hydrogen-bond donors (Lipinski definition) is 1. The highest BCUT2D eigenvalue weighted by atomic mass is 16.5. The lowest BCUT2D eigenvalue weighted by Crippen LogP contribution is -2.44. The van der Waals surface area contributed by atoms with Crippen molar-refractivity contribution in [3.05, 3.63) is 24.3 Å². The number of amides is 1. The van der Waals surface area contributed by atoms with Gasteiger partial charge in [-0.1, -0.05) is 13.8 Å². The zero-order valence-corrected chi connectivity index (χ0v) is 17.9. The lowest BCUT2D eigenvalue weighted by molar-refractivity contribution is -0.141. The zero-order chi connectivity index (χ0) is 20.1. The van der Waals surface area contributed by atoms with Crippen LogP contribution < -0.4 is 10.1 Å². The number of nitrogens with zero attached hydrogens (tertiary/aromatic N) is 1. The van der Waals surface area contributed by atoms with Gasteiger partial charge < -0.3 is 14.8 Å². The van der Waals surface area contributed by atoms with Gasteiger partial charge in [0.2, 0.25) is 0 Å². The van der Waals surface area contributed by atoms with Crippen molar-refractivity contribution in [2.75, 3.05) is 38.2 Å². The van der Waals surface area contributed by atoms with Crippen LogP contribution in [0, 0.1) is 17.8 Å². The molecular weight excluding hydrogens is 352 g/mol. The summed E-state index contributed by atoms with van der Waals surface area (Å²) < 4.78 is 11.7. The molecule has 2 fully saturated rings. The number of hydrogen-bond acceptors (Lipinski definition) is 4. The molecule has 3 rings (SSSR count). The molecule has 5 nitrogen and oxygen atoms in total. The molecule has 0 radical (unpaired) electrons. The van der Waals surface area contributed by atoms with E-state index in [2.05, 4.69) is 24.1 Å². The minimum absolute atomic E-state index is 0.0566. The maximum absolute atomic E-state index is 12.7. The number of nitrogens with one attached hydrogen (secondary N) is 1. The first kappa shape index (κ1) is 21.1. The summed E-state index contributed by atoms with van der Waals surface area (Å²) in [6, 6.07) is 7.65. The summed E-state index contributed by atoms with van der Waals surface area (Å²) in [5.41, 5.74) is 0.0507. The topological polar surface area (TPSA) is 50.8 Å². The largest absolute Gasteiger partial charge is 0.492 e.